The van der Waals surface area contributed by atoms with E-state index >= 15 is 0 Å². The van der Waals surface area contributed by atoms with Gasteiger partial charge in [-0.2, -0.15) is 0 Å². The molecular weight excluding hydrogens is 394 g/mol. The van der Waals surface area contributed by atoms with Gasteiger partial charge in [0.05, 0.1) is 10.9 Å². The molecule has 1 N–H and O–H groups in total. The predicted molar refractivity (Wildman–Crippen MR) is 105 cm³/mol. The van der Waals surface area contributed by atoms with E-state index in [-0.39, 0.29) is 5.78 Å². The molecule has 1 aliphatic heterocycles. The van der Waals surface area contributed by atoms with Gasteiger partial charge in [0, 0.05) is 34.4 Å². The number of likely N-dealkylation sites (tertiary alicyclic amines) is 1. The van der Waals surface area contributed by atoms with Gasteiger partial charge in [-0.1, -0.05) is 29.4 Å². The van der Waals surface area contributed by atoms with E-state index in [4.69, 9.17) is 4.52 Å². The number of aromatic nitrogens is 1. The Morgan fingerprint density at radius 2 is 1.96 bits per heavy atom. The lowest BCUT2D eigenvalue weighted by Gasteiger charge is -2.20. The molecule has 0 radical (unpaired) electrons. The highest BCUT2D eigenvalue weighted by atomic mass is 79.9. The maximum Gasteiger partial charge on any atom is 0.196 e. The molecule has 0 amide bonds. The molecular formula is C20H18BrN3O2. The number of carbonyl (C=O) groups is 1. The highest BCUT2D eigenvalue weighted by Gasteiger charge is 2.32. The molecule has 2 heterocycles. The number of hydrogen-bond donors (Lipinski definition) is 1. The Bertz CT molecular complexity index is 1020. The van der Waals surface area contributed by atoms with Crippen molar-refractivity contribution in [2.45, 2.75) is 12.8 Å². The maximum atomic E-state index is 13.2. The lowest BCUT2D eigenvalue weighted by molar-refractivity contribution is 0.104. The van der Waals surface area contributed by atoms with Crippen LogP contribution in [0.3, 0.4) is 0 Å². The first kappa shape index (κ1) is 16.0. The summed E-state index contributed by atoms with van der Waals surface area (Å²) >= 11 is 3.58. The van der Waals surface area contributed by atoms with E-state index in [0.29, 0.717) is 22.4 Å². The Kier molecular flexibility index (Phi) is 3.83. The van der Waals surface area contributed by atoms with Crippen LogP contribution in [0.5, 0.6) is 0 Å². The molecule has 5 rings (SSSR count). The first-order valence-electron chi connectivity index (χ1n) is 8.96. The minimum atomic E-state index is 0.0254. The Morgan fingerprint density at radius 1 is 1.19 bits per heavy atom. The van der Waals surface area contributed by atoms with Gasteiger partial charge >= 0.3 is 0 Å². The molecule has 1 aromatic heterocycles. The number of hydrogen-bond acceptors (Lipinski definition) is 5. The second kappa shape index (κ2) is 6.21. The fourth-order valence-electron chi connectivity index (χ4n) is 4.01. The van der Waals surface area contributed by atoms with Crippen LogP contribution in [0.1, 0.15) is 28.8 Å². The van der Waals surface area contributed by atoms with Crippen LogP contribution in [0.15, 0.2) is 39.3 Å². The molecule has 2 aliphatic rings. The fourth-order valence-corrected chi connectivity index (χ4v) is 4.51. The number of rotatable bonds is 4. The fraction of sp³-hybridized carbons (Fsp3) is 0.300. The lowest BCUT2D eigenvalue weighted by Crippen LogP contribution is -2.26. The highest BCUT2D eigenvalue weighted by Crippen LogP contribution is 2.44. The van der Waals surface area contributed by atoms with Gasteiger partial charge in [-0.3, -0.25) is 4.79 Å². The summed E-state index contributed by atoms with van der Waals surface area (Å²) in [5, 5.41) is 8.47. The Morgan fingerprint density at radius 3 is 2.77 bits per heavy atom. The molecule has 0 unspecified atom stereocenters. The lowest BCUT2D eigenvalue weighted by atomic mass is 9.87. The number of anilines is 1. The third-order valence-corrected chi connectivity index (χ3v) is 5.90. The second-order valence-corrected chi connectivity index (χ2v) is 7.72. The number of halogens is 1. The van der Waals surface area contributed by atoms with Crippen molar-refractivity contribution in [1.29, 1.82) is 0 Å². The number of carbonyl (C=O) groups excluding carboxylic acids is 1. The van der Waals surface area contributed by atoms with Gasteiger partial charge in [0.25, 0.3) is 0 Å². The SMILES string of the molecule is O=C1c2ccccc2-c2onc3c(Br)cc(NCCN4CCCC4)c1c23. The van der Waals surface area contributed by atoms with Crippen molar-refractivity contribution < 1.29 is 9.32 Å². The third kappa shape index (κ3) is 2.40. The van der Waals surface area contributed by atoms with E-state index in [2.05, 4.69) is 31.3 Å². The van der Waals surface area contributed by atoms with Crippen molar-refractivity contribution in [2.24, 2.45) is 0 Å². The van der Waals surface area contributed by atoms with E-state index < -0.39 is 0 Å². The molecule has 26 heavy (non-hydrogen) atoms. The van der Waals surface area contributed by atoms with Crippen LogP contribution in [-0.4, -0.2) is 42.0 Å². The highest BCUT2D eigenvalue weighted by molar-refractivity contribution is 9.10. The molecule has 1 aliphatic carbocycles. The van der Waals surface area contributed by atoms with Gasteiger partial charge in [0.15, 0.2) is 11.5 Å². The molecule has 0 atom stereocenters. The second-order valence-electron chi connectivity index (χ2n) is 6.87. The summed E-state index contributed by atoms with van der Waals surface area (Å²) in [6.45, 7) is 4.12. The van der Waals surface area contributed by atoms with Crippen LogP contribution in [0.2, 0.25) is 0 Å². The number of nitrogens with zero attached hydrogens (tertiary/aromatic N) is 2. The molecule has 132 valence electrons. The van der Waals surface area contributed by atoms with Gasteiger partial charge in [0.1, 0.15) is 5.52 Å². The van der Waals surface area contributed by atoms with Crippen LogP contribution in [0.25, 0.3) is 22.2 Å². The number of nitrogens with one attached hydrogen (secondary N) is 1. The quantitative estimate of drug-likeness (QED) is 0.542. The number of ketones is 1. The van der Waals surface area contributed by atoms with Gasteiger partial charge in [0.2, 0.25) is 0 Å². The Hall–Kier alpha value is -2.18. The summed E-state index contributed by atoms with van der Waals surface area (Å²) in [6, 6.07) is 9.51. The first-order chi connectivity index (χ1) is 12.7. The van der Waals surface area contributed by atoms with Crippen molar-refractivity contribution in [2.75, 3.05) is 31.5 Å². The minimum absolute atomic E-state index is 0.0254. The van der Waals surface area contributed by atoms with Gasteiger partial charge in [-0.25, -0.2) is 0 Å². The van der Waals surface area contributed by atoms with E-state index in [9.17, 15) is 4.79 Å². The smallest absolute Gasteiger partial charge is 0.196 e. The molecule has 0 spiro atoms. The van der Waals surface area contributed by atoms with Crippen molar-refractivity contribution in [3.63, 3.8) is 0 Å². The summed E-state index contributed by atoms with van der Waals surface area (Å²) in [4.78, 5) is 15.7. The standard InChI is InChI=1S/C20H18BrN3O2/c21-14-11-15(22-7-10-24-8-3-4-9-24)16-17-18(14)23-26-20(17)13-6-2-1-5-12(13)19(16)25/h1-2,5-6,11,22H,3-4,7-10H2. The zero-order valence-corrected chi connectivity index (χ0v) is 15.8. The molecule has 3 aromatic rings. The predicted octanol–water partition coefficient (Wildman–Crippen LogP) is 4.31. The maximum absolute atomic E-state index is 13.2. The normalized spacial score (nSPS) is 16.3. The van der Waals surface area contributed by atoms with Crippen molar-refractivity contribution in [1.82, 2.24) is 10.1 Å². The zero-order chi connectivity index (χ0) is 17.7. The Labute approximate surface area is 159 Å². The van der Waals surface area contributed by atoms with Crippen molar-refractivity contribution in [3.05, 3.63) is 45.9 Å². The number of benzene rings is 2. The van der Waals surface area contributed by atoms with Crippen molar-refractivity contribution in [3.8, 4) is 11.3 Å². The Balaban J connectivity index is 1.58. The average molecular weight is 412 g/mol. The van der Waals surface area contributed by atoms with Crippen LogP contribution < -0.4 is 5.32 Å². The van der Waals surface area contributed by atoms with Crippen molar-refractivity contribution >= 4 is 38.3 Å². The molecule has 1 saturated heterocycles. The largest absolute Gasteiger partial charge is 0.383 e. The summed E-state index contributed by atoms with van der Waals surface area (Å²) in [6.07, 6.45) is 2.56. The third-order valence-electron chi connectivity index (χ3n) is 5.29. The topological polar surface area (TPSA) is 58.4 Å². The zero-order valence-electron chi connectivity index (χ0n) is 14.2. The monoisotopic (exact) mass is 411 g/mol. The van der Waals surface area contributed by atoms with Gasteiger partial charge < -0.3 is 14.7 Å². The van der Waals surface area contributed by atoms with Crippen LogP contribution in [0, 0.1) is 0 Å². The van der Waals surface area contributed by atoms with Crippen LogP contribution in [0.4, 0.5) is 5.69 Å². The summed E-state index contributed by atoms with van der Waals surface area (Å²) < 4.78 is 6.46. The molecule has 0 saturated carbocycles. The van der Waals surface area contributed by atoms with Crippen LogP contribution in [-0.2, 0) is 0 Å². The molecule has 6 heteroatoms. The summed E-state index contributed by atoms with van der Waals surface area (Å²) in [5.74, 6) is 0.701. The van der Waals surface area contributed by atoms with E-state index in [1.54, 1.807) is 0 Å². The van der Waals surface area contributed by atoms with Gasteiger partial charge in [-0.05, 0) is 47.9 Å². The molecule has 0 bridgehead atoms. The van der Waals surface area contributed by atoms with E-state index in [0.717, 1.165) is 34.2 Å². The number of fused-ring (bicyclic) bond motifs is 2. The molecule has 2 aromatic carbocycles. The van der Waals surface area contributed by atoms with Crippen LogP contribution >= 0.6 is 15.9 Å². The average Bonchev–Trinajstić information content (AvgIpc) is 3.31. The molecule has 5 nitrogen and oxygen atoms in total. The first-order valence-corrected chi connectivity index (χ1v) is 9.75. The van der Waals surface area contributed by atoms with Gasteiger partial charge in [-0.15, -0.1) is 0 Å². The minimum Gasteiger partial charge on any atom is -0.383 e. The van der Waals surface area contributed by atoms with E-state index in [1.807, 2.05) is 30.3 Å². The summed E-state index contributed by atoms with van der Waals surface area (Å²) in [7, 11) is 0. The molecule has 1 fully saturated rings. The summed E-state index contributed by atoms with van der Waals surface area (Å²) in [5.41, 5.74) is 3.69. The van der Waals surface area contributed by atoms with E-state index in [1.165, 1.54) is 25.9 Å².